The van der Waals surface area contributed by atoms with Gasteiger partial charge in [0.1, 0.15) is 17.3 Å². The highest BCUT2D eigenvalue weighted by molar-refractivity contribution is 5.88. The molecule has 3 nitrogen and oxygen atoms in total. The molecule has 138 valence electrons. The predicted octanol–water partition coefficient (Wildman–Crippen LogP) is 5.56. The molecule has 5 aromatic rings. The Labute approximate surface area is 169 Å². The van der Waals surface area contributed by atoms with E-state index in [4.69, 9.17) is 9.72 Å². The summed E-state index contributed by atoms with van der Waals surface area (Å²) in [5, 5.41) is 2.34. The van der Waals surface area contributed by atoms with Crippen LogP contribution in [-0.2, 0) is 0 Å². The maximum atomic E-state index is 5.27. The highest BCUT2D eigenvalue weighted by atomic mass is 16.5. The summed E-state index contributed by atoms with van der Waals surface area (Å²) in [4.78, 5) is 4.86. The topological polar surface area (TPSA) is 26.5 Å². The number of benzene rings is 3. The van der Waals surface area contributed by atoms with Gasteiger partial charge in [-0.15, -0.1) is 0 Å². The molecule has 0 aliphatic rings. The van der Waals surface area contributed by atoms with Crippen LogP contribution in [0.15, 0.2) is 91.1 Å². The van der Waals surface area contributed by atoms with E-state index < -0.39 is 0 Å². The zero-order valence-electron chi connectivity index (χ0n) is 16.0. The third kappa shape index (κ3) is 3.11. The number of fused-ring (bicyclic) bond motifs is 2. The third-order valence-corrected chi connectivity index (χ3v) is 5.00. The molecule has 0 unspecified atom stereocenters. The Hall–Kier alpha value is -4.03. The van der Waals surface area contributed by atoms with Gasteiger partial charge in [-0.2, -0.15) is 0 Å². The van der Waals surface area contributed by atoms with Gasteiger partial charge in [-0.1, -0.05) is 48.4 Å². The van der Waals surface area contributed by atoms with Gasteiger partial charge in [-0.25, -0.2) is 4.98 Å². The van der Waals surface area contributed by atoms with Crippen molar-refractivity contribution < 1.29 is 4.74 Å². The van der Waals surface area contributed by atoms with E-state index in [0.717, 1.165) is 39.3 Å². The summed E-state index contributed by atoms with van der Waals surface area (Å²) in [5.74, 6) is 8.33. The summed E-state index contributed by atoms with van der Waals surface area (Å²) in [7, 11) is 1.67. The van der Waals surface area contributed by atoms with E-state index in [1.165, 1.54) is 5.39 Å². The number of ether oxygens (including phenoxy) is 1. The zero-order chi connectivity index (χ0) is 19.6. The summed E-state index contributed by atoms with van der Waals surface area (Å²) in [5.41, 5.74) is 3.78. The first-order valence-electron chi connectivity index (χ1n) is 9.45. The molecule has 0 amide bonds. The molecule has 0 atom stereocenters. The molecule has 0 spiro atoms. The molecule has 0 saturated heterocycles. The van der Waals surface area contributed by atoms with Crippen molar-refractivity contribution in [2.24, 2.45) is 0 Å². The number of aromatic nitrogens is 2. The summed E-state index contributed by atoms with van der Waals surface area (Å²) < 4.78 is 7.35. The van der Waals surface area contributed by atoms with E-state index >= 15 is 0 Å². The lowest BCUT2D eigenvalue weighted by molar-refractivity contribution is 0.415. The highest BCUT2D eigenvalue weighted by Gasteiger charge is 2.11. The molecular formula is C26H18N2O. The first kappa shape index (κ1) is 17.1. The first-order valence-corrected chi connectivity index (χ1v) is 9.45. The molecule has 0 radical (unpaired) electrons. The van der Waals surface area contributed by atoms with Crippen LogP contribution in [0, 0.1) is 11.8 Å². The van der Waals surface area contributed by atoms with Crippen LogP contribution in [0.1, 0.15) is 11.3 Å². The summed E-state index contributed by atoms with van der Waals surface area (Å²) in [6.45, 7) is 0. The lowest BCUT2D eigenvalue weighted by Gasteiger charge is -2.03. The normalized spacial score (nSPS) is 10.7. The lowest BCUT2D eigenvalue weighted by atomic mass is 10.1. The minimum atomic E-state index is 0.768. The maximum Gasteiger partial charge on any atom is 0.146 e. The Kier molecular flexibility index (Phi) is 4.23. The molecule has 0 fully saturated rings. The summed E-state index contributed by atoms with van der Waals surface area (Å²) in [6.07, 6.45) is 2.02. The standard InChI is InChI=1S/C26H18N2O/c1-29-22-15-12-21(13-16-22)26-27-24(25-11-4-5-18-28(25)26)17-14-20-9-6-8-19-7-2-3-10-23(19)20/h2-13,15-16,18H,1H3. The number of imidazole rings is 1. The zero-order valence-corrected chi connectivity index (χ0v) is 16.0. The fourth-order valence-electron chi connectivity index (χ4n) is 3.53. The largest absolute Gasteiger partial charge is 0.497 e. The van der Waals surface area contributed by atoms with Crippen LogP contribution in [0.5, 0.6) is 5.75 Å². The van der Waals surface area contributed by atoms with E-state index in [1.54, 1.807) is 7.11 Å². The van der Waals surface area contributed by atoms with Gasteiger partial charge in [-0.3, -0.25) is 4.40 Å². The van der Waals surface area contributed by atoms with Crippen molar-refractivity contribution in [3.05, 3.63) is 102 Å². The SMILES string of the molecule is COc1ccc(-c2nc(C#Cc3cccc4ccccc34)c3ccccn23)cc1. The van der Waals surface area contributed by atoms with Crippen molar-refractivity contribution in [3.63, 3.8) is 0 Å². The minimum absolute atomic E-state index is 0.768. The predicted molar refractivity (Wildman–Crippen MR) is 117 cm³/mol. The van der Waals surface area contributed by atoms with Crippen LogP contribution in [0.4, 0.5) is 0 Å². The molecule has 0 aliphatic carbocycles. The molecular weight excluding hydrogens is 356 g/mol. The molecule has 5 rings (SSSR count). The molecule has 0 bridgehead atoms. The van der Waals surface area contributed by atoms with E-state index in [0.29, 0.717) is 0 Å². The maximum absolute atomic E-state index is 5.27. The van der Waals surface area contributed by atoms with Gasteiger partial charge in [0.05, 0.1) is 12.6 Å². The number of pyridine rings is 1. The number of hydrogen-bond donors (Lipinski definition) is 0. The second-order valence-corrected chi connectivity index (χ2v) is 6.75. The van der Waals surface area contributed by atoms with Gasteiger partial charge < -0.3 is 4.74 Å². The van der Waals surface area contributed by atoms with Crippen LogP contribution in [0.2, 0.25) is 0 Å². The van der Waals surface area contributed by atoms with Crippen molar-refractivity contribution in [1.29, 1.82) is 0 Å². The Morgan fingerprint density at radius 2 is 1.59 bits per heavy atom. The van der Waals surface area contributed by atoms with Crippen molar-refractivity contribution in [1.82, 2.24) is 9.38 Å². The molecule has 2 heterocycles. The summed E-state index contributed by atoms with van der Waals surface area (Å²) >= 11 is 0. The van der Waals surface area contributed by atoms with Gasteiger partial charge in [0.25, 0.3) is 0 Å². The molecule has 3 aromatic carbocycles. The van der Waals surface area contributed by atoms with Crippen LogP contribution in [0.25, 0.3) is 27.7 Å². The number of methoxy groups -OCH3 is 1. The van der Waals surface area contributed by atoms with Crippen LogP contribution < -0.4 is 4.74 Å². The molecule has 0 saturated carbocycles. The Balaban J connectivity index is 1.64. The van der Waals surface area contributed by atoms with Gasteiger partial charge in [-0.05, 0) is 59.2 Å². The second kappa shape index (κ2) is 7.18. The van der Waals surface area contributed by atoms with Crippen molar-refractivity contribution in [2.45, 2.75) is 0 Å². The quantitative estimate of drug-likeness (QED) is 0.378. The van der Waals surface area contributed by atoms with Crippen molar-refractivity contribution in [3.8, 4) is 29.0 Å². The third-order valence-electron chi connectivity index (χ3n) is 5.00. The van der Waals surface area contributed by atoms with E-state index in [-0.39, 0.29) is 0 Å². The average molecular weight is 374 g/mol. The monoisotopic (exact) mass is 374 g/mol. The van der Waals surface area contributed by atoms with E-state index in [1.807, 2.05) is 66.9 Å². The molecule has 2 aromatic heterocycles. The molecule has 0 N–H and O–H groups in total. The van der Waals surface area contributed by atoms with Crippen molar-refractivity contribution in [2.75, 3.05) is 7.11 Å². The van der Waals surface area contributed by atoms with Gasteiger partial charge >= 0.3 is 0 Å². The minimum Gasteiger partial charge on any atom is -0.497 e. The van der Waals surface area contributed by atoms with Gasteiger partial charge in [0.15, 0.2) is 0 Å². The summed E-state index contributed by atoms with van der Waals surface area (Å²) in [6, 6.07) is 28.5. The van der Waals surface area contributed by atoms with Gasteiger partial charge in [0, 0.05) is 17.3 Å². The number of nitrogens with zero attached hydrogens (tertiary/aromatic N) is 2. The highest BCUT2D eigenvalue weighted by Crippen LogP contribution is 2.25. The van der Waals surface area contributed by atoms with Crippen LogP contribution in [0.3, 0.4) is 0 Å². The molecule has 0 aliphatic heterocycles. The van der Waals surface area contributed by atoms with E-state index in [2.05, 4.69) is 40.5 Å². The fourth-order valence-corrected chi connectivity index (χ4v) is 3.53. The van der Waals surface area contributed by atoms with Crippen LogP contribution >= 0.6 is 0 Å². The Morgan fingerprint density at radius 3 is 2.45 bits per heavy atom. The lowest BCUT2D eigenvalue weighted by Crippen LogP contribution is -1.89. The Morgan fingerprint density at radius 1 is 0.793 bits per heavy atom. The van der Waals surface area contributed by atoms with Crippen molar-refractivity contribution >= 4 is 16.3 Å². The number of hydrogen-bond acceptors (Lipinski definition) is 2. The smallest absolute Gasteiger partial charge is 0.146 e. The fraction of sp³-hybridized carbons (Fsp3) is 0.0385. The Bertz CT molecular complexity index is 1380. The van der Waals surface area contributed by atoms with E-state index in [9.17, 15) is 0 Å². The molecule has 3 heteroatoms. The van der Waals surface area contributed by atoms with Crippen LogP contribution in [-0.4, -0.2) is 16.5 Å². The van der Waals surface area contributed by atoms with Gasteiger partial charge in [0.2, 0.25) is 0 Å². The average Bonchev–Trinajstić information content (AvgIpc) is 3.16. The number of rotatable bonds is 2. The molecule has 29 heavy (non-hydrogen) atoms. The first-order chi connectivity index (χ1) is 14.3. The second-order valence-electron chi connectivity index (χ2n) is 6.75.